The van der Waals surface area contributed by atoms with Gasteiger partial charge in [0, 0.05) is 43.9 Å². The molecule has 0 unspecified atom stereocenters. The van der Waals surface area contributed by atoms with Gasteiger partial charge in [0.1, 0.15) is 0 Å². The first-order chi connectivity index (χ1) is 12.1. The summed E-state index contributed by atoms with van der Waals surface area (Å²) >= 11 is 0. The Bertz CT molecular complexity index is 682. The van der Waals surface area contributed by atoms with Gasteiger partial charge in [0.25, 0.3) is 5.91 Å². The first-order valence-corrected chi connectivity index (χ1v) is 9.55. The van der Waals surface area contributed by atoms with Crippen molar-refractivity contribution in [2.45, 2.75) is 45.1 Å². The number of likely N-dealkylation sites (tertiary alicyclic amines) is 1. The summed E-state index contributed by atoms with van der Waals surface area (Å²) in [6.07, 6.45) is 5.68. The predicted octanol–water partition coefficient (Wildman–Crippen LogP) is 2.62. The number of carbonyl (C=O) groups excluding carboxylic acids is 2. The molecule has 1 aromatic rings. The summed E-state index contributed by atoms with van der Waals surface area (Å²) in [5, 5.41) is 3.66. The second-order valence-corrected chi connectivity index (χ2v) is 7.68. The molecule has 1 N–H and O–H groups in total. The van der Waals surface area contributed by atoms with Gasteiger partial charge in [-0.3, -0.25) is 9.59 Å². The molecule has 0 bridgehead atoms. The highest BCUT2D eigenvalue weighted by Crippen LogP contribution is 2.30. The van der Waals surface area contributed by atoms with E-state index in [0.717, 1.165) is 68.2 Å². The van der Waals surface area contributed by atoms with E-state index >= 15 is 0 Å². The average Bonchev–Trinajstić information content (AvgIpc) is 3.36. The highest BCUT2D eigenvalue weighted by molar-refractivity contribution is 5.97. The largest absolute Gasteiger partial charge is 0.339 e. The molecule has 4 rings (SSSR count). The summed E-state index contributed by atoms with van der Waals surface area (Å²) in [7, 11) is 0. The maximum atomic E-state index is 12.8. The Balaban J connectivity index is 0.00000196. The van der Waals surface area contributed by atoms with Gasteiger partial charge in [-0.25, -0.2) is 0 Å². The smallest absolute Gasteiger partial charge is 0.253 e. The van der Waals surface area contributed by atoms with Crippen molar-refractivity contribution in [2.24, 2.45) is 5.92 Å². The molecule has 2 amide bonds. The van der Waals surface area contributed by atoms with Crippen LogP contribution in [0.4, 0.5) is 5.69 Å². The molecule has 0 atom stereocenters. The Kier molecular flexibility index (Phi) is 5.88. The van der Waals surface area contributed by atoms with Crippen molar-refractivity contribution in [3.63, 3.8) is 0 Å². The van der Waals surface area contributed by atoms with E-state index in [4.69, 9.17) is 0 Å². The highest BCUT2D eigenvalue weighted by atomic mass is 35.5. The number of halogens is 1. The van der Waals surface area contributed by atoms with Crippen molar-refractivity contribution >= 4 is 29.9 Å². The lowest BCUT2D eigenvalue weighted by Gasteiger charge is -2.32. The lowest BCUT2D eigenvalue weighted by Crippen LogP contribution is -2.45. The van der Waals surface area contributed by atoms with Crippen LogP contribution in [0.5, 0.6) is 0 Å². The van der Waals surface area contributed by atoms with E-state index < -0.39 is 0 Å². The second kappa shape index (κ2) is 7.97. The summed E-state index contributed by atoms with van der Waals surface area (Å²) in [4.78, 5) is 28.2. The molecule has 142 valence electrons. The quantitative estimate of drug-likeness (QED) is 0.877. The third-order valence-electron chi connectivity index (χ3n) is 5.78. The molecule has 1 saturated carbocycles. The van der Waals surface area contributed by atoms with Crippen LogP contribution in [0.15, 0.2) is 18.2 Å². The van der Waals surface area contributed by atoms with E-state index in [1.54, 1.807) is 11.8 Å². The molecule has 0 aromatic heterocycles. The fourth-order valence-corrected chi connectivity index (χ4v) is 3.99. The molecule has 6 heteroatoms. The van der Waals surface area contributed by atoms with Crippen LogP contribution >= 0.6 is 12.4 Å². The summed E-state index contributed by atoms with van der Waals surface area (Å²) in [6, 6.07) is 6.35. The number of carbonyl (C=O) groups is 2. The zero-order valence-electron chi connectivity index (χ0n) is 15.4. The SMILES string of the molecule is CC(=O)N1CCc2cc(C(=O)N3CCC(NCC4CC4)CC3)ccc21.Cl. The third kappa shape index (κ3) is 4.04. The number of piperidine rings is 1. The summed E-state index contributed by atoms with van der Waals surface area (Å²) in [5.41, 5.74) is 2.84. The third-order valence-corrected chi connectivity index (χ3v) is 5.78. The van der Waals surface area contributed by atoms with Gasteiger partial charge in [0.2, 0.25) is 5.91 Å². The van der Waals surface area contributed by atoms with Crippen LogP contribution in [0.1, 0.15) is 48.5 Å². The Morgan fingerprint density at radius 2 is 1.85 bits per heavy atom. The molecule has 1 aliphatic carbocycles. The predicted molar refractivity (Wildman–Crippen MR) is 105 cm³/mol. The molecule has 2 fully saturated rings. The number of benzene rings is 1. The maximum absolute atomic E-state index is 12.8. The van der Waals surface area contributed by atoms with Gasteiger partial charge in [-0.05, 0) is 68.3 Å². The minimum atomic E-state index is 0. The van der Waals surface area contributed by atoms with E-state index in [2.05, 4.69) is 5.32 Å². The van der Waals surface area contributed by atoms with Crippen LogP contribution < -0.4 is 10.2 Å². The van der Waals surface area contributed by atoms with Gasteiger partial charge in [-0.2, -0.15) is 0 Å². The summed E-state index contributed by atoms with van der Waals surface area (Å²) in [5.74, 6) is 1.10. The Morgan fingerprint density at radius 1 is 1.12 bits per heavy atom. The van der Waals surface area contributed by atoms with Crippen LogP contribution in [0, 0.1) is 5.92 Å². The van der Waals surface area contributed by atoms with Gasteiger partial charge in [-0.1, -0.05) is 0 Å². The molecule has 0 radical (unpaired) electrons. The van der Waals surface area contributed by atoms with Gasteiger partial charge in [-0.15, -0.1) is 12.4 Å². The molecule has 1 saturated heterocycles. The van der Waals surface area contributed by atoms with Crippen molar-refractivity contribution in [2.75, 3.05) is 31.1 Å². The van der Waals surface area contributed by atoms with Crippen molar-refractivity contribution in [1.29, 1.82) is 0 Å². The van der Waals surface area contributed by atoms with Crippen molar-refractivity contribution in [3.8, 4) is 0 Å². The van der Waals surface area contributed by atoms with Gasteiger partial charge in [0.15, 0.2) is 0 Å². The second-order valence-electron chi connectivity index (χ2n) is 7.68. The summed E-state index contributed by atoms with van der Waals surface area (Å²) in [6.45, 7) is 5.13. The van der Waals surface area contributed by atoms with Crippen molar-refractivity contribution in [3.05, 3.63) is 29.3 Å². The first kappa shape index (κ1) is 19.2. The Hall–Kier alpha value is -1.59. The number of nitrogens with one attached hydrogen (secondary N) is 1. The molecule has 26 heavy (non-hydrogen) atoms. The Morgan fingerprint density at radius 3 is 2.50 bits per heavy atom. The van der Waals surface area contributed by atoms with Crippen molar-refractivity contribution in [1.82, 2.24) is 10.2 Å². The minimum Gasteiger partial charge on any atom is -0.339 e. The molecule has 3 aliphatic rings. The molecular formula is C20H28ClN3O2. The lowest BCUT2D eigenvalue weighted by molar-refractivity contribution is -0.116. The number of nitrogens with zero attached hydrogens (tertiary/aromatic N) is 2. The standard InChI is InChI=1S/C20H27N3O2.ClH/c1-14(24)23-11-6-16-12-17(4-5-19(16)23)20(25)22-9-7-18(8-10-22)21-13-15-2-3-15;/h4-5,12,15,18,21H,2-3,6-11,13H2,1H3;1H. The van der Waals surface area contributed by atoms with Crippen LogP contribution in [0.3, 0.4) is 0 Å². The molecule has 0 spiro atoms. The van der Waals surface area contributed by atoms with E-state index in [1.165, 1.54) is 12.8 Å². The molecule has 2 aliphatic heterocycles. The Labute approximate surface area is 161 Å². The van der Waals surface area contributed by atoms with E-state index in [-0.39, 0.29) is 24.2 Å². The molecular weight excluding hydrogens is 350 g/mol. The maximum Gasteiger partial charge on any atom is 0.253 e. The molecule has 2 heterocycles. The number of amides is 2. The van der Waals surface area contributed by atoms with Crippen LogP contribution in [0.25, 0.3) is 0 Å². The minimum absolute atomic E-state index is 0. The highest BCUT2D eigenvalue weighted by Gasteiger charge is 2.28. The fourth-order valence-electron chi connectivity index (χ4n) is 3.99. The van der Waals surface area contributed by atoms with E-state index in [0.29, 0.717) is 6.04 Å². The first-order valence-electron chi connectivity index (χ1n) is 9.55. The fraction of sp³-hybridized carbons (Fsp3) is 0.600. The molecule has 5 nitrogen and oxygen atoms in total. The number of anilines is 1. The number of fused-ring (bicyclic) bond motifs is 1. The van der Waals surface area contributed by atoms with E-state index in [1.807, 2.05) is 23.1 Å². The van der Waals surface area contributed by atoms with Gasteiger partial charge in [0.05, 0.1) is 0 Å². The van der Waals surface area contributed by atoms with Crippen LogP contribution in [-0.4, -0.2) is 48.9 Å². The monoisotopic (exact) mass is 377 g/mol. The zero-order chi connectivity index (χ0) is 17.4. The zero-order valence-corrected chi connectivity index (χ0v) is 16.2. The summed E-state index contributed by atoms with van der Waals surface area (Å²) < 4.78 is 0. The van der Waals surface area contributed by atoms with Gasteiger partial charge < -0.3 is 15.1 Å². The molecule has 1 aromatic carbocycles. The number of hydrogen-bond acceptors (Lipinski definition) is 3. The average molecular weight is 378 g/mol. The number of rotatable bonds is 4. The van der Waals surface area contributed by atoms with Crippen LogP contribution in [0.2, 0.25) is 0 Å². The van der Waals surface area contributed by atoms with E-state index in [9.17, 15) is 9.59 Å². The topological polar surface area (TPSA) is 52.7 Å². The van der Waals surface area contributed by atoms with Gasteiger partial charge >= 0.3 is 0 Å². The van der Waals surface area contributed by atoms with Crippen molar-refractivity contribution < 1.29 is 9.59 Å². The lowest BCUT2D eigenvalue weighted by atomic mass is 10.0. The normalized spacial score (nSPS) is 19.9. The number of hydrogen-bond donors (Lipinski definition) is 1. The van der Waals surface area contributed by atoms with Crippen LogP contribution in [-0.2, 0) is 11.2 Å².